The van der Waals surface area contributed by atoms with Crippen molar-refractivity contribution < 1.29 is 14.4 Å². The minimum Gasteiger partial charge on any atom is -0.298 e. The van der Waals surface area contributed by atoms with Gasteiger partial charge in [-0.3, -0.25) is 14.4 Å². The summed E-state index contributed by atoms with van der Waals surface area (Å²) in [4.78, 5) is 35.6. The van der Waals surface area contributed by atoms with Gasteiger partial charge in [0.2, 0.25) is 0 Å². The van der Waals surface area contributed by atoms with E-state index >= 15 is 0 Å². The number of hydrogen-bond acceptors (Lipinski definition) is 3. The van der Waals surface area contributed by atoms with Crippen LogP contribution in [0.25, 0.3) is 0 Å². The first-order chi connectivity index (χ1) is 8.63. The number of carbonyl (C=O) groups is 3. The lowest BCUT2D eigenvalue weighted by molar-refractivity contribution is -0.133. The summed E-state index contributed by atoms with van der Waals surface area (Å²) in [5, 5.41) is 0. The van der Waals surface area contributed by atoms with Gasteiger partial charge in [-0.05, 0) is 18.4 Å². The van der Waals surface area contributed by atoms with Crippen LogP contribution in [-0.4, -0.2) is 17.3 Å². The molecule has 3 nitrogen and oxygen atoms in total. The summed E-state index contributed by atoms with van der Waals surface area (Å²) in [7, 11) is 0. The van der Waals surface area contributed by atoms with Crippen molar-refractivity contribution in [3.63, 3.8) is 0 Å². The molecule has 0 aromatic heterocycles. The fraction of sp³-hybridized carbons (Fsp3) is 0.400. The van der Waals surface area contributed by atoms with Gasteiger partial charge in [0.1, 0.15) is 5.92 Å². The van der Waals surface area contributed by atoms with Crippen LogP contribution in [0.5, 0.6) is 0 Å². The van der Waals surface area contributed by atoms with Crippen molar-refractivity contribution >= 4 is 17.3 Å². The Bertz CT molecular complexity index is 469. The van der Waals surface area contributed by atoms with E-state index in [9.17, 15) is 14.4 Å². The minimum atomic E-state index is -1.05. The average molecular weight is 244 g/mol. The zero-order valence-corrected chi connectivity index (χ0v) is 10.4. The van der Waals surface area contributed by atoms with Crippen LogP contribution in [0.4, 0.5) is 0 Å². The Morgan fingerprint density at radius 3 is 2.17 bits per heavy atom. The number of ketones is 3. The average Bonchev–Trinajstić information content (AvgIpc) is 2.38. The zero-order valence-electron chi connectivity index (χ0n) is 10.4. The lowest BCUT2D eigenvalue weighted by Gasteiger charge is -2.18. The van der Waals surface area contributed by atoms with E-state index in [1.165, 1.54) is 0 Å². The first kappa shape index (κ1) is 12.7. The van der Waals surface area contributed by atoms with Crippen molar-refractivity contribution in [3.05, 3.63) is 35.4 Å². The molecule has 2 rings (SSSR count). The maximum atomic E-state index is 12.2. The van der Waals surface area contributed by atoms with E-state index in [2.05, 4.69) is 0 Å². The Hall–Kier alpha value is -1.77. The fourth-order valence-corrected chi connectivity index (χ4v) is 2.27. The highest BCUT2D eigenvalue weighted by atomic mass is 16.2. The second-order valence-corrected chi connectivity index (χ2v) is 4.63. The van der Waals surface area contributed by atoms with Gasteiger partial charge in [-0.1, -0.05) is 31.2 Å². The summed E-state index contributed by atoms with van der Waals surface area (Å²) in [6.45, 7) is 2.03. The molecule has 0 atom stereocenters. The van der Waals surface area contributed by atoms with E-state index in [0.717, 1.165) is 12.0 Å². The molecule has 94 valence electrons. The predicted molar refractivity (Wildman–Crippen MR) is 67.5 cm³/mol. The standard InChI is InChI=1S/C15H16O3/c1-2-10-6-8-11(9-7-10)15(18)14-12(16)4-3-5-13(14)17/h6-9,14H,2-5H2,1H3. The summed E-state index contributed by atoms with van der Waals surface area (Å²) in [5.74, 6) is -1.84. The number of hydrogen-bond donors (Lipinski definition) is 0. The maximum Gasteiger partial charge on any atom is 0.180 e. The SMILES string of the molecule is CCc1ccc(C(=O)C2C(=O)CCCC2=O)cc1. The number of aryl methyl sites for hydroxylation is 1. The predicted octanol–water partition coefficient (Wildman–Crippen LogP) is 2.37. The number of benzene rings is 1. The van der Waals surface area contributed by atoms with E-state index in [0.29, 0.717) is 24.8 Å². The molecule has 1 aliphatic rings. The van der Waals surface area contributed by atoms with Gasteiger partial charge in [0, 0.05) is 18.4 Å². The number of carbonyl (C=O) groups excluding carboxylic acids is 3. The molecule has 1 aliphatic carbocycles. The smallest absolute Gasteiger partial charge is 0.180 e. The Morgan fingerprint density at radius 2 is 1.67 bits per heavy atom. The molecule has 1 aromatic carbocycles. The zero-order chi connectivity index (χ0) is 13.1. The van der Waals surface area contributed by atoms with Gasteiger partial charge in [0.25, 0.3) is 0 Å². The molecule has 0 amide bonds. The van der Waals surface area contributed by atoms with E-state index in [4.69, 9.17) is 0 Å². The summed E-state index contributed by atoms with van der Waals surface area (Å²) >= 11 is 0. The van der Waals surface area contributed by atoms with Crippen LogP contribution in [0, 0.1) is 5.92 Å². The summed E-state index contributed by atoms with van der Waals surface area (Å²) < 4.78 is 0. The van der Waals surface area contributed by atoms with Crippen LogP contribution in [0.3, 0.4) is 0 Å². The van der Waals surface area contributed by atoms with Crippen molar-refractivity contribution in [2.45, 2.75) is 32.6 Å². The second kappa shape index (κ2) is 5.25. The normalized spacial score (nSPS) is 16.9. The van der Waals surface area contributed by atoms with Crippen LogP contribution in [0.2, 0.25) is 0 Å². The molecular formula is C15H16O3. The van der Waals surface area contributed by atoms with Crippen molar-refractivity contribution in [1.29, 1.82) is 0 Å². The Balaban J connectivity index is 2.23. The van der Waals surface area contributed by atoms with Crippen LogP contribution in [-0.2, 0) is 16.0 Å². The highest BCUT2D eigenvalue weighted by Gasteiger charge is 2.36. The van der Waals surface area contributed by atoms with E-state index in [-0.39, 0.29) is 17.3 Å². The molecule has 0 unspecified atom stereocenters. The highest BCUT2D eigenvalue weighted by molar-refractivity contribution is 6.25. The third-order valence-electron chi connectivity index (χ3n) is 3.40. The number of Topliss-reactive ketones (excluding diaryl/α,β-unsaturated/α-hetero) is 3. The molecule has 0 aliphatic heterocycles. The summed E-state index contributed by atoms with van der Waals surface area (Å²) in [5.41, 5.74) is 1.59. The Labute approximate surface area is 106 Å². The quantitative estimate of drug-likeness (QED) is 0.606. The van der Waals surface area contributed by atoms with Crippen molar-refractivity contribution in [1.82, 2.24) is 0 Å². The highest BCUT2D eigenvalue weighted by Crippen LogP contribution is 2.21. The molecule has 3 heteroatoms. The van der Waals surface area contributed by atoms with Gasteiger partial charge in [0.15, 0.2) is 17.3 Å². The minimum absolute atomic E-state index is 0.226. The van der Waals surface area contributed by atoms with Gasteiger partial charge >= 0.3 is 0 Å². The van der Waals surface area contributed by atoms with E-state index in [1.807, 2.05) is 19.1 Å². The summed E-state index contributed by atoms with van der Waals surface area (Å²) in [6.07, 6.45) is 2.16. The third kappa shape index (κ3) is 2.40. The van der Waals surface area contributed by atoms with Gasteiger partial charge in [-0.25, -0.2) is 0 Å². The number of rotatable bonds is 3. The molecular weight excluding hydrogens is 228 g/mol. The van der Waals surface area contributed by atoms with Crippen molar-refractivity contribution in [3.8, 4) is 0 Å². The molecule has 1 fully saturated rings. The topological polar surface area (TPSA) is 51.2 Å². The van der Waals surface area contributed by atoms with Gasteiger partial charge in [-0.2, -0.15) is 0 Å². The Kier molecular flexibility index (Phi) is 3.70. The van der Waals surface area contributed by atoms with Gasteiger partial charge < -0.3 is 0 Å². The lowest BCUT2D eigenvalue weighted by Crippen LogP contribution is -2.35. The van der Waals surface area contributed by atoms with Crippen molar-refractivity contribution in [2.24, 2.45) is 5.92 Å². The molecule has 0 N–H and O–H groups in total. The lowest BCUT2D eigenvalue weighted by atomic mass is 9.81. The molecule has 1 aromatic rings. The third-order valence-corrected chi connectivity index (χ3v) is 3.40. The molecule has 0 saturated heterocycles. The molecule has 0 heterocycles. The van der Waals surface area contributed by atoms with Crippen LogP contribution in [0.15, 0.2) is 24.3 Å². The van der Waals surface area contributed by atoms with Crippen LogP contribution in [0.1, 0.15) is 42.1 Å². The van der Waals surface area contributed by atoms with Gasteiger partial charge in [0.05, 0.1) is 0 Å². The molecule has 0 spiro atoms. The molecule has 0 radical (unpaired) electrons. The van der Waals surface area contributed by atoms with Gasteiger partial charge in [-0.15, -0.1) is 0 Å². The fourth-order valence-electron chi connectivity index (χ4n) is 2.27. The largest absolute Gasteiger partial charge is 0.298 e. The summed E-state index contributed by atoms with van der Waals surface area (Å²) in [6, 6.07) is 7.14. The second-order valence-electron chi connectivity index (χ2n) is 4.63. The van der Waals surface area contributed by atoms with Crippen LogP contribution < -0.4 is 0 Å². The Morgan fingerprint density at radius 1 is 1.11 bits per heavy atom. The van der Waals surface area contributed by atoms with Crippen molar-refractivity contribution in [2.75, 3.05) is 0 Å². The molecule has 18 heavy (non-hydrogen) atoms. The first-order valence-electron chi connectivity index (χ1n) is 6.32. The molecule has 0 bridgehead atoms. The van der Waals surface area contributed by atoms with E-state index in [1.54, 1.807) is 12.1 Å². The maximum absolute atomic E-state index is 12.2. The van der Waals surface area contributed by atoms with E-state index < -0.39 is 5.92 Å². The first-order valence-corrected chi connectivity index (χ1v) is 6.32. The molecule has 1 saturated carbocycles. The van der Waals surface area contributed by atoms with Crippen LogP contribution >= 0.6 is 0 Å². The monoisotopic (exact) mass is 244 g/mol.